The van der Waals surface area contributed by atoms with Crippen molar-refractivity contribution in [3.05, 3.63) is 35.9 Å². The molecule has 132 valence electrons. The van der Waals surface area contributed by atoms with Gasteiger partial charge in [0.1, 0.15) is 5.54 Å². The van der Waals surface area contributed by atoms with Gasteiger partial charge in [-0.25, -0.2) is 4.79 Å². The average molecular weight is 341 g/mol. The van der Waals surface area contributed by atoms with Gasteiger partial charge in [0.15, 0.2) is 0 Å². The average Bonchev–Trinajstić information content (AvgIpc) is 3.21. The van der Waals surface area contributed by atoms with Gasteiger partial charge in [-0.3, -0.25) is 14.9 Å². The lowest BCUT2D eigenvalue weighted by Gasteiger charge is -2.36. The second-order valence-corrected chi connectivity index (χ2v) is 7.36. The van der Waals surface area contributed by atoms with E-state index in [1.165, 1.54) is 5.56 Å². The van der Waals surface area contributed by atoms with Crippen LogP contribution >= 0.6 is 0 Å². The second-order valence-electron chi connectivity index (χ2n) is 7.36. The van der Waals surface area contributed by atoms with E-state index in [0.29, 0.717) is 25.7 Å². The van der Waals surface area contributed by atoms with E-state index < -0.39 is 11.6 Å². The Morgan fingerprint density at radius 2 is 1.80 bits per heavy atom. The number of hydrogen-bond donors (Lipinski definition) is 2. The summed E-state index contributed by atoms with van der Waals surface area (Å²) in [6.07, 6.45) is 4.38. The Morgan fingerprint density at radius 1 is 1.08 bits per heavy atom. The molecule has 0 radical (unpaired) electrons. The number of carbonyl (C=O) groups is 3. The molecule has 6 heteroatoms. The zero-order valence-electron chi connectivity index (χ0n) is 14.2. The molecule has 0 bridgehead atoms. The number of benzene rings is 1. The molecule has 1 saturated carbocycles. The van der Waals surface area contributed by atoms with Gasteiger partial charge < -0.3 is 10.2 Å². The largest absolute Gasteiger partial charge is 0.335 e. The summed E-state index contributed by atoms with van der Waals surface area (Å²) >= 11 is 0. The molecule has 4 rings (SSSR count). The third-order valence-corrected chi connectivity index (χ3v) is 5.92. The van der Waals surface area contributed by atoms with Gasteiger partial charge in [0.2, 0.25) is 5.91 Å². The third-order valence-electron chi connectivity index (χ3n) is 5.92. The van der Waals surface area contributed by atoms with Gasteiger partial charge >= 0.3 is 6.03 Å². The highest BCUT2D eigenvalue weighted by Gasteiger charge is 2.49. The van der Waals surface area contributed by atoms with E-state index in [4.69, 9.17) is 0 Å². The molecule has 3 fully saturated rings. The maximum atomic E-state index is 13.1. The highest BCUT2D eigenvalue weighted by atomic mass is 16.2. The molecule has 0 aromatic heterocycles. The highest BCUT2D eigenvalue weighted by molar-refractivity contribution is 6.07. The fourth-order valence-corrected chi connectivity index (χ4v) is 4.52. The lowest BCUT2D eigenvalue weighted by atomic mass is 9.76. The minimum Gasteiger partial charge on any atom is -0.335 e. The molecule has 4 amide bonds. The van der Waals surface area contributed by atoms with Crippen LogP contribution < -0.4 is 10.6 Å². The van der Waals surface area contributed by atoms with Crippen LogP contribution in [0.1, 0.15) is 50.1 Å². The molecule has 2 aliphatic heterocycles. The first-order chi connectivity index (χ1) is 12.1. The van der Waals surface area contributed by atoms with E-state index in [-0.39, 0.29) is 23.8 Å². The van der Waals surface area contributed by atoms with Gasteiger partial charge in [-0.15, -0.1) is 0 Å². The number of imide groups is 1. The zero-order chi connectivity index (χ0) is 17.4. The lowest BCUT2D eigenvalue weighted by Crippen LogP contribution is -2.51. The van der Waals surface area contributed by atoms with Crippen molar-refractivity contribution in [2.75, 3.05) is 6.54 Å². The number of amides is 4. The summed E-state index contributed by atoms with van der Waals surface area (Å²) in [5, 5.41) is 5.08. The molecule has 25 heavy (non-hydrogen) atoms. The quantitative estimate of drug-likeness (QED) is 0.809. The number of likely N-dealkylation sites (tertiary alicyclic amines) is 1. The van der Waals surface area contributed by atoms with Crippen LogP contribution in [0.2, 0.25) is 0 Å². The minimum atomic E-state index is -0.794. The fraction of sp³-hybridized carbons (Fsp3) is 0.526. The van der Waals surface area contributed by atoms with E-state index in [9.17, 15) is 14.4 Å². The molecule has 1 atom stereocenters. The standard InChI is InChI=1S/C19H23N3O3/c23-16(22-12-4-7-15(22)13-5-2-1-3-6-13)14-8-10-19(11-9-14)17(24)20-18(25)21-19/h1-3,5-6,14-15H,4,7-12H2,(H2,20,21,24,25). The first-order valence-electron chi connectivity index (χ1n) is 9.08. The summed E-state index contributed by atoms with van der Waals surface area (Å²) in [6, 6.07) is 9.95. The van der Waals surface area contributed by atoms with Crippen LogP contribution in [0, 0.1) is 5.92 Å². The van der Waals surface area contributed by atoms with Gasteiger partial charge in [-0.1, -0.05) is 30.3 Å². The summed E-state index contributed by atoms with van der Waals surface area (Å²) in [5.41, 5.74) is 0.403. The number of nitrogens with one attached hydrogen (secondary N) is 2. The Labute approximate surface area is 147 Å². The van der Waals surface area contributed by atoms with Crippen LogP contribution in [0.15, 0.2) is 30.3 Å². The Hall–Kier alpha value is -2.37. The summed E-state index contributed by atoms with van der Waals surface area (Å²) in [4.78, 5) is 38.6. The number of urea groups is 1. The van der Waals surface area contributed by atoms with Crippen molar-refractivity contribution in [3.8, 4) is 0 Å². The number of rotatable bonds is 2. The first-order valence-corrected chi connectivity index (χ1v) is 9.08. The van der Waals surface area contributed by atoms with Crippen molar-refractivity contribution in [3.63, 3.8) is 0 Å². The monoisotopic (exact) mass is 341 g/mol. The van der Waals surface area contributed by atoms with E-state index in [1.807, 2.05) is 23.1 Å². The Morgan fingerprint density at radius 3 is 2.44 bits per heavy atom. The summed E-state index contributed by atoms with van der Waals surface area (Å²) in [5.74, 6) is -0.0992. The topological polar surface area (TPSA) is 78.5 Å². The van der Waals surface area contributed by atoms with Crippen molar-refractivity contribution in [1.82, 2.24) is 15.5 Å². The van der Waals surface area contributed by atoms with Crippen LogP contribution in [0.25, 0.3) is 0 Å². The molecule has 1 aromatic carbocycles. The molecule has 2 heterocycles. The Balaban J connectivity index is 1.44. The maximum absolute atomic E-state index is 13.1. The molecular formula is C19H23N3O3. The van der Waals surface area contributed by atoms with Crippen molar-refractivity contribution < 1.29 is 14.4 Å². The zero-order valence-corrected chi connectivity index (χ0v) is 14.2. The molecule has 1 aromatic rings. The second kappa shape index (κ2) is 6.17. The molecule has 6 nitrogen and oxygen atoms in total. The first kappa shape index (κ1) is 16.1. The van der Waals surface area contributed by atoms with Crippen molar-refractivity contribution in [2.24, 2.45) is 5.92 Å². The molecular weight excluding hydrogens is 318 g/mol. The molecule has 2 N–H and O–H groups in total. The molecule has 3 aliphatic rings. The van der Waals surface area contributed by atoms with E-state index >= 15 is 0 Å². The van der Waals surface area contributed by atoms with Gasteiger partial charge in [-0.05, 0) is 44.1 Å². The summed E-state index contributed by atoms with van der Waals surface area (Å²) in [6.45, 7) is 0.803. The predicted octanol–water partition coefficient (Wildman–Crippen LogP) is 2.12. The van der Waals surface area contributed by atoms with Crippen LogP contribution in [0.5, 0.6) is 0 Å². The molecule has 1 aliphatic carbocycles. The molecule has 1 spiro atoms. The number of nitrogens with zero attached hydrogens (tertiary/aromatic N) is 1. The summed E-state index contributed by atoms with van der Waals surface area (Å²) < 4.78 is 0. The lowest BCUT2D eigenvalue weighted by molar-refractivity contribution is -0.139. The Kier molecular flexibility index (Phi) is 3.98. The van der Waals surface area contributed by atoms with Crippen molar-refractivity contribution in [1.29, 1.82) is 0 Å². The van der Waals surface area contributed by atoms with E-state index in [1.54, 1.807) is 0 Å². The number of carbonyl (C=O) groups excluding carboxylic acids is 3. The predicted molar refractivity (Wildman–Crippen MR) is 91.5 cm³/mol. The Bertz CT molecular complexity index is 695. The normalized spacial score (nSPS) is 31.9. The molecule has 1 unspecified atom stereocenters. The van der Waals surface area contributed by atoms with Gasteiger partial charge in [0, 0.05) is 12.5 Å². The summed E-state index contributed by atoms with van der Waals surface area (Å²) in [7, 11) is 0. The third kappa shape index (κ3) is 2.79. The van der Waals surface area contributed by atoms with Crippen LogP contribution in [0.4, 0.5) is 4.79 Å². The SMILES string of the molecule is O=C1NC(=O)C2(CCC(C(=O)N3CCCC3c3ccccc3)CC2)N1. The van der Waals surface area contributed by atoms with Gasteiger partial charge in [0.25, 0.3) is 5.91 Å². The smallest absolute Gasteiger partial charge is 0.322 e. The number of hydrogen-bond acceptors (Lipinski definition) is 3. The van der Waals surface area contributed by atoms with Crippen LogP contribution in [0.3, 0.4) is 0 Å². The van der Waals surface area contributed by atoms with Gasteiger partial charge in [0.05, 0.1) is 6.04 Å². The fourth-order valence-electron chi connectivity index (χ4n) is 4.52. The van der Waals surface area contributed by atoms with Gasteiger partial charge in [-0.2, -0.15) is 0 Å². The van der Waals surface area contributed by atoms with Crippen molar-refractivity contribution >= 4 is 17.8 Å². The van der Waals surface area contributed by atoms with Crippen LogP contribution in [-0.4, -0.2) is 34.8 Å². The van der Waals surface area contributed by atoms with E-state index in [2.05, 4.69) is 22.8 Å². The maximum Gasteiger partial charge on any atom is 0.322 e. The highest BCUT2D eigenvalue weighted by Crippen LogP contribution is 2.38. The molecule has 2 saturated heterocycles. The van der Waals surface area contributed by atoms with Crippen molar-refractivity contribution in [2.45, 2.75) is 50.1 Å². The minimum absolute atomic E-state index is 0.0553. The van der Waals surface area contributed by atoms with E-state index in [0.717, 1.165) is 19.4 Å². The van der Waals surface area contributed by atoms with Crippen LogP contribution in [-0.2, 0) is 9.59 Å².